The van der Waals surface area contributed by atoms with Crippen LogP contribution in [0.5, 0.6) is 0 Å². The summed E-state index contributed by atoms with van der Waals surface area (Å²) in [4.78, 5) is 12.3. The van der Waals surface area contributed by atoms with Gasteiger partial charge in [0.1, 0.15) is 0 Å². The lowest BCUT2D eigenvalue weighted by atomic mass is 9.69. The number of aryl methyl sites for hydroxylation is 1. The zero-order valence-electron chi connectivity index (χ0n) is 16.1. The Bertz CT molecular complexity index is 703. The first-order chi connectivity index (χ1) is 12.1. The van der Waals surface area contributed by atoms with Crippen LogP contribution in [-0.2, 0) is 21.2 Å². The van der Waals surface area contributed by atoms with Crippen LogP contribution >= 0.6 is 0 Å². The van der Waals surface area contributed by atoms with Gasteiger partial charge in [-0.2, -0.15) is 0 Å². The molecule has 0 saturated heterocycles. The predicted molar refractivity (Wildman–Crippen MR) is 104 cm³/mol. The van der Waals surface area contributed by atoms with Crippen LogP contribution in [0.2, 0.25) is 0 Å². The van der Waals surface area contributed by atoms with Crippen molar-refractivity contribution in [1.82, 2.24) is 5.32 Å². The van der Waals surface area contributed by atoms with Gasteiger partial charge in [0.05, 0.1) is 4.90 Å². The van der Waals surface area contributed by atoms with E-state index < -0.39 is 10.0 Å². The fourth-order valence-corrected chi connectivity index (χ4v) is 4.23. The number of primary sulfonamides is 1. The number of hydrogen-bond donors (Lipinski definition) is 2. The van der Waals surface area contributed by atoms with Gasteiger partial charge in [-0.15, -0.1) is 0 Å². The number of nitrogens with one attached hydrogen (secondary N) is 1. The van der Waals surface area contributed by atoms with Gasteiger partial charge in [0, 0.05) is 12.5 Å². The van der Waals surface area contributed by atoms with Gasteiger partial charge >= 0.3 is 0 Å². The summed E-state index contributed by atoms with van der Waals surface area (Å²) in [5.41, 5.74) is 1.32. The second-order valence-corrected chi connectivity index (χ2v) is 9.71. The lowest BCUT2D eigenvalue weighted by Gasteiger charge is -2.39. The highest BCUT2D eigenvalue weighted by molar-refractivity contribution is 7.89. The van der Waals surface area contributed by atoms with Crippen molar-refractivity contribution < 1.29 is 13.2 Å². The van der Waals surface area contributed by atoms with Gasteiger partial charge in [-0.05, 0) is 61.1 Å². The normalized spacial score (nSPS) is 21.4. The van der Waals surface area contributed by atoms with Crippen LogP contribution in [0.4, 0.5) is 0 Å². The molecule has 1 saturated carbocycles. The van der Waals surface area contributed by atoms with Gasteiger partial charge < -0.3 is 5.32 Å². The summed E-state index contributed by atoms with van der Waals surface area (Å²) in [6, 6.07) is 6.69. The molecule has 5 nitrogen and oxygen atoms in total. The summed E-state index contributed by atoms with van der Waals surface area (Å²) in [6.07, 6.45) is 6.68. The molecular weight excluding hydrogens is 348 g/mol. The van der Waals surface area contributed by atoms with Crippen molar-refractivity contribution in [3.8, 4) is 0 Å². The third kappa shape index (κ3) is 5.81. The van der Waals surface area contributed by atoms with Gasteiger partial charge in [-0.25, -0.2) is 13.6 Å². The minimum Gasteiger partial charge on any atom is -0.353 e. The van der Waals surface area contributed by atoms with Gasteiger partial charge in [0.2, 0.25) is 15.9 Å². The zero-order chi connectivity index (χ0) is 19.4. The minimum atomic E-state index is -3.67. The van der Waals surface area contributed by atoms with E-state index in [-0.39, 0.29) is 16.8 Å². The fraction of sp³-hybridized carbons (Fsp3) is 0.650. The summed E-state index contributed by atoms with van der Waals surface area (Å²) < 4.78 is 22.5. The maximum atomic E-state index is 12.2. The molecular formula is C20H32N2O3S. The summed E-state index contributed by atoms with van der Waals surface area (Å²) >= 11 is 0. The first-order valence-corrected chi connectivity index (χ1v) is 11.1. The van der Waals surface area contributed by atoms with Crippen LogP contribution < -0.4 is 10.5 Å². The van der Waals surface area contributed by atoms with E-state index >= 15 is 0 Å². The Morgan fingerprint density at radius 1 is 1.15 bits per heavy atom. The first-order valence-electron chi connectivity index (χ1n) is 9.53. The summed E-state index contributed by atoms with van der Waals surface area (Å²) in [5.74, 6) is 0.816. The van der Waals surface area contributed by atoms with Crippen molar-refractivity contribution in [3.63, 3.8) is 0 Å². The number of rotatable bonds is 7. The van der Waals surface area contributed by atoms with Gasteiger partial charge in [0.25, 0.3) is 0 Å². The number of amides is 1. The van der Waals surface area contributed by atoms with E-state index in [4.69, 9.17) is 5.14 Å². The van der Waals surface area contributed by atoms with E-state index in [1.54, 1.807) is 12.1 Å². The number of sulfonamides is 1. The number of benzene rings is 1. The molecule has 0 aromatic heterocycles. The van der Waals surface area contributed by atoms with Crippen molar-refractivity contribution in [3.05, 3.63) is 29.8 Å². The molecule has 0 radical (unpaired) electrons. The molecule has 1 aromatic carbocycles. The summed E-state index contributed by atoms with van der Waals surface area (Å²) in [6.45, 7) is 6.94. The second-order valence-electron chi connectivity index (χ2n) is 8.15. The molecule has 0 bridgehead atoms. The minimum absolute atomic E-state index is 0.0683. The highest BCUT2D eigenvalue weighted by Gasteiger charge is 2.32. The monoisotopic (exact) mass is 380 g/mol. The van der Waals surface area contributed by atoms with E-state index in [2.05, 4.69) is 26.1 Å². The third-order valence-corrected chi connectivity index (χ3v) is 6.93. The number of hydrogen-bond acceptors (Lipinski definition) is 3. The molecule has 1 aromatic rings. The van der Waals surface area contributed by atoms with Crippen LogP contribution in [0, 0.1) is 11.3 Å². The molecule has 0 atom stereocenters. The van der Waals surface area contributed by atoms with E-state index in [9.17, 15) is 13.2 Å². The van der Waals surface area contributed by atoms with E-state index in [0.717, 1.165) is 24.3 Å². The van der Waals surface area contributed by atoms with E-state index in [0.29, 0.717) is 18.3 Å². The predicted octanol–water partition coefficient (Wildman–Crippen LogP) is 3.38. The Balaban J connectivity index is 1.76. The number of carbonyl (C=O) groups excluding carboxylic acids is 1. The van der Waals surface area contributed by atoms with Crippen molar-refractivity contribution in [1.29, 1.82) is 0 Å². The quantitative estimate of drug-likeness (QED) is 0.760. The van der Waals surface area contributed by atoms with Crippen molar-refractivity contribution >= 4 is 15.9 Å². The average Bonchev–Trinajstić information content (AvgIpc) is 2.60. The Morgan fingerprint density at radius 2 is 1.73 bits per heavy atom. The van der Waals surface area contributed by atoms with Gasteiger partial charge in [-0.1, -0.05) is 39.3 Å². The molecule has 3 N–H and O–H groups in total. The standard InChI is InChI=1S/C20H32N2O3S/c1-4-20(2,3)16-8-10-17(11-9-16)22-19(23)14-7-15-5-12-18(13-6-15)26(21,24)25/h5-6,12-13,16-17H,4,7-11,14H2,1-3H3,(H,22,23)(H2,21,24,25). The summed E-state index contributed by atoms with van der Waals surface area (Å²) in [7, 11) is -3.67. The van der Waals surface area contributed by atoms with Crippen LogP contribution in [0.25, 0.3) is 0 Å². The molecule has 146 valence electrons. The number of nitrogens with two attached hydrogens (primary N) is 1. The molecule has 2 rings (SSSR count). The first kappa shape index (κ1) is 20.9. The third-order valence-electron chi connectivity index (χ3n) is 6.00. The van der Waals surface area contributed by atoms with E-state index in [1.807, 2.05) is 0 Å². The maximum absolute atomic E-state index is 12.2. The molecule has 0 spiro atoms. The summed E-state index contributed by atoms with van der Waals surface area (Å²) in [5, 5.41) is 8.25. The molecule has 0 heterocycles. The second kappa shape index (κ2) is 8.53. The molecule has 0 unspecified atom stereocenters. The largest absolute Gasteiger partial charge is 0.353 e. The lowest BCUT2D eigenvalue weighted by molar-refractivity contribution is -0.122. The maximum Gasteiger partial charge on any atom is 0.238 e. The van der Waals surface area contributed by atoms with Gasteiger partial charge in [-0.3, -0.25) is 4.79 Å². The Kier molecular flexibility index (Phi) is 6.86. The fourth-order valence-electron chi connectivity index (χ4n) is 3.71. The number of carbonyl (C=O) groups is 1. The molecule has 26 heavy (non-hydrogen) atoms. The Hall–Kier alpha value is -1.40. The highest BCUT2D eigenvalue weighted by Crippen LogP contribution is 2.40. The van der Waals surface area contributed by atoms with Crippen molar-refractivity contribution in [2.75, 3.05) is 0 Å². The smallest absolute Gasteiger partial charge is 0.238 e. The molecule has 1 amide bonds. The van der Waals surface area contributed by atoms with Crippen molar-refractivity contribution in [2.45, 2.75) is 76.7 Å². The molecule has 1 aliphatic carbocycles. The molecule has 6 heteroatoms. The van der Waals surface area contributed by atoms with E-state index in [1.165, 1.54) is 31.4 Å². The average molecular weight is 381 g/mol. The zero-order valence-corrected chi connectivity index (χ0v) is 16.9. The van der Waals surface area contributed by atoms with Crippen LogP contribution in [-0.4, -0.2) is 20.4 Å². The molecule has 0 aliphatic heterocycles. The highest BCUT2D eigenvalue weighted by atomic mass is 32.2. The van der Waals surface area contributed by atoms with Crippen LogP contribution in [0.1, 0.15) is 64.9 Å². The van der Waals surface area contributed by atoms with Crippen molar-refractivity contribution in [2.24, 2.45) is 16.5 Å². The van der Waals surface area contributed by atoms with Gasteiger partial charge in [0.15, 0.2) is 0 Å². The SMILES string of the molecule is CCC(C)(C)C1CCC(NC(=O)CCc2ccc(S(N)(=O)=O)cc2)CC1. The molecule has 1 fully saturated rings. The Morgan fingerprint density at radius 3 is 2.23 bits per heavy atom. The Labute approximate surface area is 157 Å². The van der Waals surface area contributed by atoms with Crippen LogP contribution in [0.15, 0.2) is 29.2 Å². The van der Waals surface area contributed by atoms with Crippen LogP contribution in [0.3, 0.4) is 0 Å². The topological polar surface area (TPSA) is 89.3 Å². The molecule has 1 aliphatic rings. The lowest BCUT2D eigenvalue weighted by Crippen LogP contribution is -2.40.